The summed E-state index contributed by atoms with van der Waals surface area (Å²) in [5.74, 6) is 2.03. The predicted octanol–water partition coefficient (Wildman–Crippen LogP) is 5.74. The molecule has 0 saturated carbocycles. The van der Waals surface area contributed by atoms with Gasteiger partial charge in [-0.05, 0) is 61.7 Å². The molecule has 3 rings (SSSR count). The molecule has 0 fully saturated rings. The SMILES string of the molecule is CC[C@@H](C)Oc1ccc(C=Nn2c([C@H](C)CC)nc3ccc(Br)cc3c2=O)cc1OC. The molecule has 164 valence electrons. The first-order chi connectivity index (χ1) is 14.9. The van der Waals surface area contributed by atoms with E-state index in [1.807, 2.05) is 44.2 Å². The van der Waals surface area contributed by atoms with Crippen LogP contribution in [0.5, 0.6) is 11.5 Å². The molecule has 0 radical (unpaired) electrons. The van der Waals surface area contributed by atoms with Gasteiger partial charge in [0.25, 0.3) is 5.56 Å². The molecular weight excluding hydrogens is 458 g/mol. The molecule has 0 N–H and O–H groups in total. The fourth-order valence-corrected chi connectivity index (χ4v) is 3.43. The number of rotatable bonds is 8. The van der Waals surface area contributed by atoms with Crippen LogP contribution in [0.25, 0.3) is 10.9 Å². The number of benzene rings is 2. The van der Waals surface area contributed by atoms with E-state index < -0.39 is 0 Å². The fourth-order valence-electron chi connectivity index (χ4n) is 3.07. The van der Waals surface area contributed by atoms with E-state index in [0.717, 1.165) is 22.9 Å². The third-order valence-corrected chi connectivity index (χ3v) is 5.79. The molecule has 0 aliphatic rings. The van der Waals surface area contributed by atoms with Gasteiger partial charge in [0, 0.05) is 10.4 Å². The number of halogens is 1. The highest BCUT2D eigenvalue weighted by atomic mass is 79.9. The Balaban J connectivity index is 2.06. The summed E-state index contributed by atoms with van der Waals surface area (Å²) in [7, 11) is 1.61. The zero-order valence-electron chi connectivity index (χ0n) is 18.6. The van der Waals surface area contributed by atoms with Crippen molar-refractivity contribution in [3.05, 3.63) is 62.6 Å². The standard InChI is InChI=1S/C24H28BrN3O3/c1-6-15(3)23-27-20-10-9-18(25)13-19(20)24(29)28(23)26-14-17-8-11-21(22(12-17)30-5)31-16(4)7-2/h8-16H,6-7H2,1-5H3/t15-,16-/m1/s1. The first-order valence-corrected chi connectivity index (χ1v) is 11.3. The molecule has 0 aliphatic carbocycles. The van der Waals surface area contributed by atoms with Crippen LogP contribution in [0.4, 0.5) is 0 Å². The summed E-state index contributed by atoms with van der Waals surface area (Å²) in [5.41, 5.74) is 1.27. The van der Waals surface area contributed by atoms with E-state index in [1.165, 1.54) is 4.68 Å². The topological polar surface area (TPSA) is 65.7 Å². The van der Waals surface area contributed by atoms with Crippen molar-refractivity contribution in [3.63, 3.8) is 0 Å². The van der Waals surface area contributed by atoms with Crippen LogP contribution in [-0.2, 0) is 0 Å². The smallest absolute Gasteiger partial charge is 0.282 e. The Morgan fingerprint density at radius 2 is 1.90 bits per heavy atom. The molecule has 0 spiro atoms. The van der Waals surface area contributed by atoms with E-state index in [9.17, 15) is 4.79 Å². The van der Waals surface area contributed by atoms with Gasteiger partial charge >= 0.3 is 0 Å². The third-order valence-electron chi connectivity index (χ3n) is 5.30. The Kier molecular flexibility index (Phi) is 7.49. The second kappa shape index (κ2) is 10.1. The Morgan fingerprint density at radius 1 is 1.13 bits per heavy atom. The molecule has 31 heavy (non-hydrogen) atoms. The van der Waals surface area contributed by atoms with Crippen molar-refractivity contribution in [2.24, 2.45) is 5.10 Å². The summed E-state index contributed by atoms with van der Waals surface area (Å²) in [6, 6.07) is 11.1. The van der Waals surface area contributed by atoms with E-state index in [-0.39, 0.29) is 17.6 Å². The first kappa shape index (κ1) is 23.0. The predicted molar refractivity (Wildman–Crippen MR) is 129 cm³/mol. The normalized spacial score (nSPS) is 13.5. The number of aromatic nitrogens is 2. The van der Waals surface area contributed by atoms with Gasteiger partial charge < -0.3 is 9.47 Å². The van der Waals surface area contributed by atoms with E-state index >= 15 is 0 Å². The van der Waals surface area contributed by atoms with Crippen molar-refractivity contribution in [1.29, 1.82) is 0 Å². The molecule has 1 heterocycles. The summed E-state index contributed by atoms with van der Waals surface area (Å²) < 4.78 is 13.6. The molecule has 7 heteroatoms. The van der Waals surface area contributed by atoms with E-state index in [4.69, 9.17) is 14.5 Å². The minimum Gasteiger partial charge on any atom is -0.493 e. The van der Waals surface area contributed by atoms with Crippen molar-refractivity contribution < 1.29 is 9.47 Å². The summed E-state index contributed by atoms with van der Waals surface area (Å²) in [6.45, 7) is 8.20. The van der Waals surface area contributed by atoms with E-state index in [0.29, 0.717) is 28.2 Å². The van der Waals surface area contributed by atoms with Gasteiger partial charge in [-0.15, -0.1) is 0 Å². The lowest BCUT2D eigenvalue weighted by Crippen LogP contribution is -2.23. The van der Waals surface area contributed by atoms with Gasteiger partial charge in [-0.25, -0.2) is 4.98 Å². The fraction of sp³-hybridized carbons (Fsp3) is 0.375. The minimum atomic E-state index is -0.193. The van der Waals surface area contributed by atoms with Crippen LogP contribution in [0.2, 0.25) is 0 Å². The molecule has 1 aromatic heterocycles. The molecule has 6 nitrogen and oxygen atoms in total. The minimum absolute atomic E-state index is 0.0822. The Labute approximate surface area is 191 Å². The largest absolute Gasteiger partial charge is 0.493 e. The van der Waals surface area contributed by atoms with Crippen LogP contribution < -0.4 is 15.0 Å². The zero-order chi connectivity index (χ0) is 22.5. The average Bonchev–Trinajstić information content (AvgIpc) is 2.78. The zero-order valence-corrected chi connectivity index (χ0v) is 20.1. The molecular formula is C24H28BrN3O3. The Morgan fingerprint density at radius 3 is 2.58 bits per heavy atom. The monoisotopic (exact) mass is 485 g/mol. The number of ether oxygens (including phenoxy) is 2. The maximum atomic E-state index is 13.2. The number of hydrogen-bond acceptors (Lipinski definition) is 5. The van der Waals surface area contributed by atoms with Crippen molar-refractivity contribution in [2.75, 3.05) is 7.11 Å². The summed E-state index contributed by atoms with van der Waals surface area (Å²) in [6.07, 6.45) is 3.49. The molecule has 2 atom stereocenters. The highest BCUT2D eigenvalue weighted by molar-refractivity contribution is 9.10. The molecule has 0 saturated heterocycles. The number of methoxy groups -OCH3 is 1. The molecule has 0 amide bonds. The van der Waals surface area contributed by atoms with Crippen LogP contribution >= 0.6 is 15.9 Å². The van der Waals surface area contributed by atoms with E-state index in [2.05, 4.69) is 34.9 Å². The molecule has 0 unspecified atom stereocenters. The van der Waals surface area contributed by atoms with Gasteiger partial charge in [0.2, 0.25) is 0 Å². The van der Waals surface area contributed by atoms with Crippen molar-refractivity contribution in [2.45, 2.75) is 52.6 Å². The third kappa shape index (κ3) is 5.15. The lowest BCUT2D eigenvalue weighted by molar-refractivity contribution is 0.207. The molecule has 0 bridgehead atoms. The highest BCUT2D eigenvalue weighted by Crippen LogP contribution is 2.29. The van der Waals surface area contributed by atoms with Crippen LogP contribution in [0, 0.1) is 0 Å². The first-order valence-electron chi connectivity index (χ1n) is 10.5. The molecule has 2 aromatic carbocycles. The average molecular weight is 486 g/mol. The highest BCUT2D eigenvalue weighted by Gasteiger charge is 2.16. The Bertz CT molecular complexity index is 1160. The van der Waals surface area contributed by atoms with Gasteiger partial charge in [-0.3, -0.25) is 4.79 Å². The van der Waals surface area contributed by atoms with Crippen LogP contribution in [-0.4, -0.2) is 29.1 Å². The van der Waals surface area contributed by atoms with Gasteiger partial charge in [0.05, 0.1) is 30.3 Å². The lowest BCUT2D eigenvalue weighted by Gasteiger charge is -2.16. The summed E-state index contributed by atoms with van der Waals surface area (Å²) in [4.78, 5) is 18.0. The molecule has 0 aliphatic heterocycles. The molecule has 3 aromatic rings. The maximum absolute atomic E-state index is 13.2. The van der Waals surface area contributed by atoms with E-state index in [1.54, 1.807) is 19.4 Å². The second-order valence-corrected chi connectivity index (χ2v) is 8.46. The number of fused-ring (bicyclic) bond motifs is 1. The summed E-state index contributed by atoms with van der Waals surface area (Å²) in [5, 5.41) is 5.03. The number of hydrogen-bond donors (Lipinski definition) is 0. The maximum Gasteiger partial charge on any atom is 0.282 e. The van der Waals surface area contributed by atoms with Crippen molar-refractivity contribution in [3.8, 4) is 11.5 Å². The van der Waals surface area contributed by atoms with Crippen LogP contribution in [0.15, 0.2) is 50.8 Å². The van der Waals surface area contributed by atoms with Gasteiger partial charge in [-0.1, -0.05) is 36.7 Å². The lowest BCUT2D eigenvalue weighted by atomic mass is 10.1. The summed E-state index contributed by atoms with van der Waals surface area (Å²) >= 11 is 3.43. The van der Waals surface area contributed by atoms with Crippen molar-refractivity contribution in [1.82, 2.24) is 9.66 Å². The number of nitrogens with zero attached hydrogens (tertiary/aromatic N) is 3. The van der Waals surface area contributed by atoms with Gasteiger partial charge in [-0.2, -0.15) is 9.78 Å². The van der Waals surface area contributed by atoms with Crippen molar-refractivity contribution >= 4 is 33.0 Å². The van der Waals surface area contributed by atoms with Crippen LogP contribution in [0.1, 0.15) is 57.8 Å². The van der Waals surface area contributed by atoms with Crippen LogP contribution in [0.3, 0.4) is 0 Å². The Hall–Kier alpha value is -2.67. The van der Waals surface area contributed by atoms with Gasteiger partial charge in [0.1, 0.15) is 5.82 Å². The second-order valence-electron chi connectivity index (χ2n) is 7.55. The van der Waals surface area contributed by atoms with Gasteiger partial charge in [0.15, 0.2) is 11.5 Å². The quantitative estimate of drug-likeness (QED) is 0.381.